The van der Waals surface area contributed by atoms with Crippen molar-refractivity contribution >= 4 is 11.9 Å². The highest BCUT2D eigenvalue weighted by atomic mass is 16.5. The van der Waals surface area contributed by atoms with Gasteiger partial charge in [-0.3, -0.25) is 4.79 Å². The van der Waals surface area contributed by atoms with Gasteiger partial charge in [-0.1, -0.05) is 42.5 Å². The van der Waals surface area contributed by atoms with Crippen molar-refractivity contribution in [2.24, 2.45) is 0 Å². The number of fused-ring (bicyclic) bond motifs is 1. The molecule has 0 heterocycles. The second-order valence-corrected chi connectivity index (χ2v) is 4.90. The monoisotopic (exact) mass is 264 g/mol. The molecule has 0 saturated heterocycles. The van der Waals surface area contributed by atoms with Crippen molar-refractivity contribution in [2.75, 3.05) is 7.11 Å². The highest BCUT2D eigenvalue weighted by Gasteiger charge is 2.21. The van der Waals surface area contributed by atoms with Crippen LogP contribution in [0.1, 0.15) is 27.9 Å². The van der Waals surface area contributed by atoms with Gasteiger partial charge in [-0.2, -0.15) is 0 Å². The molecule has 0 saturated carbocycles. The van der Waals surface area contributed by atoms with E-state index in [-0.39, 0.29) is 5.78 Å². The molecule has 1 aliphatic carbocycles. The highest BCUT2D eigenvalue weighted by Crippen LogP contribution is 2.28. The van der Waals surface area contributed by atoms with Gasteiger partial charge < -0.3 is 4.74 Å². The third kappa shape index (κ3) is 2.25. The molecule has 0 bridgehead atoms. The van der Waals surface area contributed by atoms with Crippen molar-refractivity contribution in [2.45, 2.75) is 12.8 Å². The normalized spacial score (nSPS) is 16.1. The molecule has 100 valence electrons. The zero-order chi connectivity index (χ0) is 13.9. The van der Waals surface area contributed by atoms with Crippen molar-refractivity contribution in [1.29, 1.82) is 0 Å². The van der Waals surface area contributed by atoms with Crippen molar-refractivity contribution in [3.8, 4) is 5.75 Å². The van der Waals surface area contributed by atoms with E-state index < -0.39 is 0 Å². The van der Waals surface area contributed by atoms with Crippen LogP contribution in [0.4, 0.5) is 0 Å². The lowest BCUT2D eigenvalue weighted by Gasteiger charge is -2.17. The predicted molar refractivity (Wildman–Crippen MR) is 80.1 cm³/mol. The molecule has 2 nitrogen and oxygen atoms in total. The van der Waals surface area contributed by atoms with Crippen molar-refractivity contribution in [1.82, 2.24) is 0 Å². The van der Waals surface area contributed by atoms with E-state index in [1.807, 2.05) is 54.6 Å². The van der Waals surface area contributed by atoms with E-state index in [0.29, 0.717) is 0 Å². The Morgan fingerprint density at radius 3 is 2.60 bits per heavy atom. The average molecular weight is 264 g/mol. The summed E-state index contributed by atoms with van der Waals surface area (Å²) in [4.78, 5) is 12.5. The Labute approximate surface area is 118 Å². The van der Waals surface area contributed by atoms with Gasteiger partial charge in [0.25, 0.3) is 0 Å². The van der Waals surface area contributed by atoms with Gasteiger partial charge in [0.15, 0.2) is 5.78 Å². The van der Waals surface area contributed by atoms with Gasteiger partial charge in [-0.05, 0) is 30.5 Å². The second-order valence-electron chi connectivity index (χ2n) is 4.90. The lowest BCUT2D eigenvalue weighted by atomic mass is 9.86. The topological polar surface area (TPSA) is 26.3 Å². The van der Waals surface area contributed by atoms with E-state index in [4.69, 9.17) is 4.74 Å². The zero-order valence-electron chi connectivity index (χ0n) is 11.4. The summed E-state index contributed by atoms with van der Waals surface area (Å²) in [5.74, 6) is 0.935. The Morgan fingerprint density at radius 2 is 1.75 bits per heavy atom. The van der Waals surface area contributed by atoms with Crippen LogP contribution in [0.15, 0.2) is 54.1 Å². The molecule has 0 aromatic heterocycles. The summed E-state index contributed by atoms with van der Waals surface area (Å²) in [6.07, 6.45) is 3.66. The molecule has 3 rings (SSSR count). The first-order valence-electron chi connectivity index (χ1n) is 6.76. The number of ketones is 1. The Balaban J connectivity index is 2.00. The average Bonchev–Trinajstić information content (AvgIpc) is 2.51. The Morgan fingerprint density at radius 1 is 1.00 bits per heavy atom. The van der Waals surface area contributed by atoms with E-state index in [1.54, 1.807) is 7.11 Å². The second kappa shape index (κ2) is 5.33. The molecule has 20 heavy (non-hydrogen) atoms. The minimum Gasteiger partial charge on any atom is -0.496 e. The van der Waals surface area contributed by atoms with Crippen LogP contribution >= 0.6 is 0 Å². The van der Waals surface area contributed by atoms with E-state index in [0.717, 1.165) is 40.9 Å². The smallest absolute Gasteiger partial charge is 0.189 e. The van der Waals surface area contributed by atoms with Gasteiger partial charge in [0, 0.05) is 16.7 Å². The summed E-state index contributed by atoms with van der Waals surface area (Å²) in [7, 11) is 1.65. The van der Waals surface area contributed by atoms with Crippen LogP contribution in [-0.2, 0) is 6.42 Å². The van der Waals surface area contributed by atoms with Crippen LogP contribution in [-0.4, -0.2) is 12.9 Å². The molecule has 1 aliphatic rings. The van der Waals surface area contributed by atoms with E-state index in [1.165, 1.54) is 0 Å². The number of aryl methyl sites for hydroxylation is 1. The quantitative estimate of drug-likeness (QED) is 0.769. The molecule has 0 amide bonds. The highest BCUT2D eigenvalue weighted by molar-refractivity contribution is 6.13. The maximum absolute atomic E-state index is 12.5. The molecule has 0 unspecified atom stereocenters. The molecule has 0 radical (unpaired) electrons. The van der Waals surface area contributed by atoms with Crippen LogP contribution in [0.3, 0.4) is 0 Å². The van der Waals surface area contributed by atoms with Gasteiger partial charge in [0.2, 0.25) is 0 Å². The number of hydrogen-bond acceptors (Lipinski definition) is 2. The van der Waals surface area contributed by atoms with Crippen LogP contribution < -0.4 is 4.74 Å². The molecule has 2 heteroatoms. The molecule has 0 atom stereocenters. The molecule has 2 aromatic carbocycles. The molecule has 0 N–H and O–H groups in total. The van der Waals surface area contributed by atoms with Crippen molar-refractivity contribution in [3.63, 3.8) is 0 Å². The number of carbonyl (C=O) groups excluding carboxylic acids is 1. The number of para-hydroxylation sites is 1. The summed E-state index contributed by atoms with van der Waals surface area (Å²) in [6, 6.07) is 15.6. The predicted octanol–water partition coefficient (Wildman–Crippen LogP) is 3.91. The molecule has 0 spiro atoms. The fraction of sp³-hybridized carbons (Fsp3) is 0.167. The van der Waals surface area contributed by atoms with E-state index >= 15 is 0 Å². The number of hydrogen-bond donors (Lipinski definition) is 0. The summed E-state index contributed by atoms with van der Waals surface area (Å²) in [5.41, 5.74) is 3.79. The molecule has 0 aliphatic heterocycles. The fourth-order valence-electron chi connectivity index (χ4n) is 2.63. The van der Waals surface area contributed by atoms with Gasteiger partial charge >= 0.3 is 0 Å². The Bertz CT molecular complexity index is 683. The lowest BCUT2D eigenvalue weighted by Crippen LogP contribution is -2.13. The van der Waals surface area contributed by atoms with Crippen LogP contribution in [0.5, 0.6) is 5.75 Å². The Hall–Kier alpha value is -2.35. The van der Waals surface area contributed by atoms with Crippen LogP contribution in [0.2, 0.25) is 0 Å². The molecular weight excluding hydrogens is 248 g/mol. The van der Waals surface area contributed by atoms with Crippen LogP contribution in [0, 0.1) is 0 Å². The number of allylic oxidation sites excluding steroid dienone is 1. The largest absolute Gasteiger partial charge is 0.496 e. The number of rotatable bonds is 2. The lowest BCUT2D eigenvalue weighted by molar-refractivity contribution is 0.102. The minimum atomic E-state index is 0.137. The SMILES string of the molecule is COc1ccccc1/C=C1\CCc2ccccc2C1=O. The molecule has 0 fully saturated rings. The van der Waals surface area contributed by atoms with Gasteiger partial charge in [0.05, 0.1) is 7.11 Å². The number of benzene rings is 2. The van der Waals surface area contributed by atoms with Gasteiger partial charge in [-0.15, -0.1) is 0 Å². The third-order valence-electron chi connectivity index (χ3n) is 3.69. The molecule has 2 aromatic rings. The van der Waals surface area contributed by atoms with E-state index in [9.17, 15) is 4.79 Å². The summed E-state index contributed by atoms with van der Waals surface area (Å²) in [6.45, 7) is 0. The standard InChI is InChI=1S/C18H16O2/c1-20-17-9-5-3-7-14(17)12-15-11-10-13-6-2-4-8-16(13)18(15)19/h2-9,12H,10-11H2,1H3/b15-12+. The first-order chi connectivity index (χ1) is 9.79. The summed E-state index contributed by atoms with van der Waals surface area (Å²) >= 11 is 0. The third-order valence-corrected chi connectivity index (χ3v) is 3.69. The number of Topliss-reactive ketones (excluding diaryl/α,β-unsaturated/α-hetero) is 1. The zero-order valence-corrected chi connectivity index (χ0v) is 11.4. The first kappa shape index (κ1) is 12.7. The molecular formula is C18H16O2. The summed E-state index contributed by atoms with van der Waals surface area (Å²) < 4.78 is 5.34. The number of methoxy groups -OCH3 is 1. The van der Waals surface area contributed by atoms with E-state index in [2.05, 4.69) is 0 Å². The maximum atomic E-state index is 12.5. The summed E-state index contributed by atoms with van der Waals surface area (Å²) in [5, 5.41) is 0. The van der Waals surface area contributed by atoms with Gasteiger partial charge in [0.1, 0.15) is 5.75 Å². The first-order valence-corrected chi connectivity index (χ1v) is 6.76. The van der Waals surface area contributed by atoms with Crippen molar-refractivity contribution in [3.05, 3.63) is 70.8 Å². The van der Waals surface area contributed by atoms with Crippen molar-refractivity contribution < 1.29 is 9.53 Å². The number of ether oxygens (including phenoxy) is 1. The van der Waals surface area contributed by atoms with Crippen LogP contribution in [0.25, 0.3) is 6.08 Å². The fourth-order valence-corrected chi connectivity index (χ4v) is 2.63. The maximum Gasteiger partial charge on any atom is 0.189 e. The minimum absolute atomic E-state index is 0.137. The van der Waals surface area contributed by atoms with Gasteiger partial charge in [-0.25, -0.2) is 0 Å². The number of carbonyl (C=O) groups is 1. The Kier molecular flexibility index (Phi) is 3.38.